The zero-order chi connectivity index (χ0) is 34.5. The van der Waals surface area contributed by atoms with E-state index in [9.17, 15) is 14.4 Å². The van der Waals surface area contributed by atoms with Gasteiger partial charge in [0.05, 0.1) is 31.4 Å². The molecule has 14 heteroatoms. The van der Waals surface area contributed by atoms with Crippen molar-refractivity contribution in [1.82, 2.24) is 20.1 Å². The number of fused-ring (bicyclic) bond motifs is 3. The van der Waals surface area contributed by atoms with E-state index in [-0.39, 0.29) is 50.2 Å². The Morgan fingerprint density at radius 1 is 1.08 bits per heavy atom. The molecular weight excluding hydrogens is 685 g/mol. The summed E-state index contributed by atoms with van der Waals surface area (Å²) in [4.78, 5) is 44.6. The van der Waals surface area contributed by atoms with Crippen molar-refractivity contribution < 1.29 is 19.1 Å². The molecule has 0 fully saturated rings. The van der Waals surface area contributed by atoms with Crippen molar-refractivity contribution in [3.63, 3.8) is 0 Å². The van der Waals surface area contributed by atoms with Gasteiger partial charge in [-0.2, -0.15) is 0 Å². The van der Waals surface area contributed by atoms with Crippen LogP contribution in [0.5, 0.6) is 0 Å². The molecule has 0 aliphatic carbocycles. The zero-order valence-corrected chi connectivity index (χ0v) is 30.2. The van der Waals surface area contributed by atoms with Crippen molar-refractivity contribution in [3.05, 3.63) is 91.3 Å². The van der Waals surface area contributed by atoms with Gasteiger partial charge in [-0.05, 0) is 69.5 Å². The second-order valence-electron chi connectivity index (χ2n) is 11.3. The number of rotatable bonds is 9. The fourth-order valence-electron chi connectivity index (χ4n) is 5.56. The number of amides is 2. The first-order valence-electron chi connectivity index (χ1n) is 15.4. The number of nitrogens with one attached hydrogen (secondary N) is 2. The maximum Gasteiger partial charge on any atom is 0.339 e. The molecule has 0 spiro atoms. The minimum atomic E-state index is -0.591. The molecule has 1 aliphatic heterocycles. The number of aliphatic imine (C=N–C) groups is 1. The summed E-state index contributed by atoms with van der Waals surface area (Å²) in [5, 5.41) is 16.2. The summed E-state index contributed by atoms with van der Waals surface area (Å²) >= 11 is 7.85. The summed E-state index contributed by atoms with van der Waals surface area (Å²) in [5.41, 5.74) is 11.1. The van der Waals surface area contributed by atoms with Crippen LogP contribution in [0.1, 0.15) is 80.0 Å². The molecule has 2 aromatic carbocycles. The Morgan fingerprint density at radius 3 is 2.51 bits per heavy atom. The van der Waals surface area contributed by atoms with Crippen LogP contribution in [0, 0.1) is 39.5 Å². The fraction of sp³-hybridized carbons (Fsp3) is 0.314. The van der Waals surface area contributed by atoms with Gasteiger partial charge >= 0.3 is 5.97 Å². The van der Waals surface area contributed by atoms with Crippen molar-refractivity contribution in [1.29, 1.82) is 0 Å². The van der Waals surface area contributed by atoms with E-state index in [1.165, 1.54) is 7.11 Å². The van der Waals surface area contributed by atoms with Gasteiger partial charge < -0.3 is 21.1 Å². The van der Waals surface area contributed by atoms with Gasteiger partial charge in [0.1, 0.15) is 16.9 Å². The monoisotopic (exact) mass is 721 g/mol. The second-order valence-corrected chi connectivity index (χ2v) is 13.0. The van der Waals surface area contributed by atoms with Crippen LogP contribution in [0.25, 0.3) is 5.00 Å². The molecule has 4 aromatic rings. The van der Waals surface area contributed by atoms with Crippen LogP contribution < -0.4 is 16.4 Å². The molecule has 0 saturated heterocycles. The van der Waals surface area contributed by atoms with E-state index in [2.05, 4.69) is 46.5 Å². The zero-order valence-electron chi connectivity index (χ0n) is 27.8. The Kier molecular flexibility index (Phi) is 12.4. The number of nitrogens with two attached hydrogens (primary N) is 1. The molecule has 2 aromatic heterocycles. The van der Waals surface area contributed by atoms with Crippen LogP contribution >= 0.6 is 35.3 Å². The average molecular weight is 723 g/mol. The number of hydrogen-bond donors (Lipinski definition) is 3. The van der Waals surface area contributed by atoms with Gasteiger partial charge in [-0.1, -0.05) is 35.6 Å². The first kappa shape index (κ1) is 37.3. The van der Waals surface area contributed by atoms with Gasteiger partial charge in [-0.15, -0.1) is 33.9 Å². The van der Waals surface area contributed by atoms with Crippen LogP contribution in [0.3, 0.4) is 0 Å². The molecular formula is C35H37Cl2N7O4S. The van der Waals surface area contributed by atoms with Crippen molar-refractivity contribution in [2.45, 2.75) is 53.0 Å². The molecule has 256 valence electrons. The van der Waals surface area contributed by atoms with E-state index in [0.717, 1.165) is 32.3 Å². The molecule has 4 N–H and O–H groups in total. The van der Waals surface area contributed by atoms with Gasteiger partial charge in [0.25, 0.3) is 0 Å². The van der Waals surface area contributed by atoms with Gasteiger partial charge in [0.2, 0.25) is 11.8 Å². The third-order valence-corrected chi connectivity index (χ3v) is 9.42. The molecule has 1 atom stereocenters. The molecule has 49 heavy (non-hydrogen) atoms. The van der Waals surface area contributed by atoms with Gasteiger partial charge in [0, 0.05) is 45.2 Å². The van der Waals surface area contributed by atoms with Crippen LogP contribution in [0.4, 0.5) is 5.69 Å². The Bertz CT molecular complexity index is 1990. The van der Waals surface area contributed by atoms with Crippen LogP contribution in [-0.2, 0) is 14.3 Å². The van der Waals surface area contributed by atoms with E-state index in [1.807, 2.05) is 35.8 Å². The summed E-state index contributed by atoms with van der Waals surface area (Å²) < 4.78 is 6.89. The number of thiophene rings is 1. The highest BCUT2D eigenvalue weighted by Gasteiger charge is 2.32. The lowest BCUT2D eigenvalue weighted by atomic mass is 9.99. The number of benzene rings is 2. The molecule has 5 rings (SSSR count). The second kappa shape index (κ2) is 16.2. The smallest absolute Gasteiger partial charge is 0.339 e. The first-order valence-corrected chi connectivity index (χ1v) is 16.6. The Labute approximate surface area is 300 Å². The van der Waals surface area contributed by atoms with Gasteiger partial charge in [-0.3, -0.25) is 19.1 Å². The van der Waals surface area contributed by atoms with E-state index in [0.29, 0.717) is 45.5 Å². The van der Waals surface area contributed by atoms with E-state index in [1.54, 1.807) is 30.4 Å². The number of anilines is 1. The summed E-state index contributed by atoms with van der Waals surface area (Å²) in [7, 11) is 1.30. The maximum atomic E-state index is 13.3. The van der Waals surface area contributed by atoms with Gasteiger partial charge in [-0.25, -0.2) is 4.79 Å². The first-order chi connectivity index (χ1) is 23.0. The summed E-state index contributed by atoms with van der Waals surface area (Å²) in [6.07, 6.45) is 0.620. The van der Waals surface area contributed by atoms with Crippen LogP contribution in [-0.4, -0.2) is 58.5 Å². The van der Waals surface area contributed by atoms with Crippen LogP contribution in [0.2, 0.25) is 5.02 Å². The average Bonchev–Trinajstić information content (AvgIpc) is 3.53. The highest BCUT2D eigenvalue weighted by atomic mass is 35.5. The largest absolute Gasteiger partial charge is 0.465 e. The number of aryl methyl sites for hydroxylation is 3. The Balaban J connectivity index is 0.00000541. The predicted molar refractivity (Wildman–Crippen MR) is 194 cm³/mol. The van der Waals surface area contributed by atoms with E-state index < -0.39 is 12.0 Å². The highest BCUT2D eigenvalue weighted by molar-refractivity contribution is 7.15. The summed E-state index contributed by atoms with van der Waals surface area (Å²) in [6, 6.07) is 10.2. The number of carbonyl (C=O) groups is 3. The number of carbonyl (C=O) groups excluding carboxylic acids is 3. The molecule has 0 radical (unpaired) electrons. The third kappa shape index (κ3) is 8.20. The number of aromatic nitrogens is 3. The van der Waals surface area contributed by atoms with E-state index >= 15 is 0 Å². The lowest BCUT2D eigenvalue weighted by Gasteiger charge is -2.13. The molecule has 0 unspecified atom stereocenters. The lowest BCUT2D eigenvalue weighted by molar-refractivity contribution is -0.122. The predicted octanol–water partition coefficient (Wildman–Crippen LogP) is 5.55. The van der Waals surface area contributed by atoms with Crippen molar-refractivity contribution in [3.8, 4) is 16.8 Å². The standard InChI is InChI=1S/C35H36ClN7O4S.ClH/c1-19-16-26(17-24(8-6-14-37)30(19)35(46)47-5)39-28(44)9-7-15-38-29(45)18-27-33-42-41-22(4)43(33)34-31(20(2)21(3)48-34)32(40-27)23-10-12-25(36)13-11-23;/h10-13,16-17,27H,7,9,14-15,18,37H2,1-5H3,(H,38,45)(H,39,44);1H/t27-;/m0./s1. The lowest BCUT2D eigenvalue weighted by Crippen LogP contribution is -2.27. The molecule has 0 bridgehead atoms. The van der Waals surface area contributed by atoms with Crippen LogP contribution in [0.15, 0.2) is 41.4 Å². The Hall–Kier alpha value is -4.54. The summed E-state index contributed by atoms with van der Waals surface area (Å²) in [6.45, 7) is 8.20. The topological polar surface area (TPSA) is 154 Å². The quantitative estimate of drug-likeness (QED) is 0.116. The number of nitrogens with zero attached hydrogens (tertiary/aromatic N) is 4. The molecule has 11 nitrogen and oxygen atoms in total. The highest BCUT2D eigenvalue weighted by Crippen LogP contribution is 2.39. The Morgan fingerprint density at radius 2 is 1.82 bits per heavy atom. The number of methoxy groups -OCH3 is 1. The molecule has 0 saturated carbocycles. The number of hydrogen-bond acceptors (Lipinski definition) is 9. The minimum Gasteiger partial charge on any atom is -0.465 e. The molecule has 2 amide bonds. The molecule has 3 heterocycles. The fourth-order valence-corrected chi connectivity index (χ4v) is 6.90. The maximum absolute atomic E-state index is 13.3. The molecule has 1 aliphatic rings. The van der Waals surface area contributed by atoms with E-state index in [4.69, 9.17) is 27.1 Å². The normalized spacial score (nSPS) is 13.0. The van der Waals surface area contributed by atoms with Crippen molar-refractivity contribution in [2.75, 3.05) is 25.5 Å². The number of ether oxygens (including phenoxy) is 1. The summed E-state index contributed by atoms with van der Waals surface area (Å²) in [5.74, 6) is 5.94. The third-order valence-electron chi connectivity index (χ3n) is 7.97. The van der Waals surface area contributed by atoms with Gasteiger partial charge in [0.15, 0.2) is 5.82 Å². The minimum absolute atomic E-state index is 0. The van der Waals surface area contributed by atoms with Crippen molar-refractivity contribution in [2.24, 2.45) is 10.7 Å². The SMILES string of the molecule is COC(=O)c1c(C)cc(NC(=O)CCCNC(=O)C[C@@H]2N=C(c3ccc(Cl)cc3)c3c(sc(C)c3C)-n3c(C)nnc32)cc1C#CCN.Cl. The number of esters is 1. The van der Waals surface area contributed by atoms with Crippen molar-refractivity contribution >= 4 is 64.5 Å². The number of halogens is 2.